The van der Waals surface area contributed by atoms with Crippen LogP contribution in [0, 0.1) is 30.3 Å². The fraction of sp³-hybridized carbons (Fsp3) is 0.0714. The molecule has 2 aromatic rings. The second kappa shape index (κ2) is 7.12. The number of nitrogens with one attached hydrogen (secondary N) is 1. The van der Waals surface area contributed by atoms with Crippen molar-refractivity contribution in [1.82, 2.24) is 0 Å². The van der Waals surface area contributed by atoms with E-state index in [1.54, 1.807) is 13.0 Å². The van der Waals surface area contributed by atoms with E-state index < -0.39 is 26.1 Å². The molecule has 0 saturated heterocycles. The number of benzene rings is 2. The standard InChI is InChI=1S/C14H11N5O6/c1-9(10-3-2-4-11(7-10)17(20)21)15-16-13-6-5-12(18(22)23)8-14(13)19(24)25/h2-8,16H,1H3. The molecule has 0 unspecified atom stereocenters. The number of nitro benzene ring substituents is 3. The molecule has 0 aliphatic carbocycles. The fourth-order valence-electron chi connectivity index (χ4n) is 1.93. The third kappa shape index (κ3) is 4.10. The summed E-state index contributed by atoms with van der Waals surface area (Å²) < 4.78 is 0. The third-order valence-corrected chi connectivity index (χ3v) is 3.21. The number of nitrogens with zero attached hydrogens (tertiary/aromatic N) is 4. The van der Waals surface area contributed by atoms with Crippen LogP contribution in [0.3, 0.4) is 0 Å². The van der Waals surface area contributed by atoms with E-state index in [1.165, 1.54) is 24.3 Å². The Bertz CT molecular complexity index is 895. The minimum absolute atomic E-state index is 0.0413. The molecule has 2 rings (SSSR count). The molecule has 0 saturated carbocycles. The number of rotatable bonds is 6. The van der Waals surface area contributed by atoms with Crippen LogP contribution in [0.5, 0.6) is 0 Å². The topological polar surface area (TPSA) is 154 Å². The van der Waals surface area contributed by atoms with E-state index in [-0.39, 0.29) is 11.4 Å². The molecule has 0 aliphatic heterocycles. The lowest BCUT2D eigenvalue weighted by Crippen LogP contribution is -2.03. The van der Waals surface area contributed by atoms with Gasteiger partial charge in [-0.3, -0.25) is 35.8 Å². The molecule has 0 aromatic heterocycles. The van der Waals surface area contributed by atoms with Crippen LogP contribution in [-0.4, -0.2) is 20.5 Å². The lowest BCUT2D eigenvalue weighted by molar-refractivity contribution is -0.393. The first-order valence-corrected chi connectivity index (χ1v) is 6.77. The Kier molecular flexibility index (Phi) is 4.98. The van der Waals surface area contributed by atoms with Gasteiger partial charge in [-0.15, -0.1) is 0 Å². The summed E-state index contributed by atoms with van der Waals surface area (Å²) >= 11 is 0. The summed E-state index contributed by atoms with van der Waals surface area (Å²) in [5.41, 5.74) is 2.17. The molecule has 0 heterocycles. The molecule has 128 valence electrons. The predicted molar refractivity (Wildman–Crippen MR) is 88.7 cm³/mol. The van der Waals surface area contributed by atoms with Crippen molar-refractivity contribution in [2.45, 2.75) is 6.92 Å². The maximum Gasteiger partial charge on any atom is 0.301 e. The van der Waals surface area contributed by atoms with Crippen LogP contribution in [-0.2, 0) is 0 Å². The van der Waals surface area contributed by atoms with Gasteiger partial charge < -0.3 is 0 Å². The van der Waals surface area contributed by atoms with Gasteiger partial charge in [0.2, 0.25) is 0 Å². The first kappa shape index (κ1) is 17.5. The summed E-state index contributed by atoms with van der Waals surface area (Å²) in [5.74, 6) is 0. The van der Waals surface area contributed by atoms with E-state index in [2.05, 4.69) is 10.5 Å². The van der Waals surface area contributed by atoms with Gasteiger partial charge in [-0.25, -0.2) is 0 Å². The van der Waals surface area contributed by atoms with Crippen LogP contribution in [0.1, 0.15) is 12.5 Å². The van der Waals surface area contributed by atoms with Crippen molar-refractivity contribution in [1.29, 1.82) is 0 Å². The van der Waals surface area contributed by atoms with Crippen molar-refractivity contribution in [2.24, 2.45) is 5.10 Å². The van der Waals surface area contributed by atoms with E-state index in [0.29, 0.717) is 11.3 Å². The molecule has 25 heavy (non-hydrogen) atoms. The van der Waals surface area contributed by atoms with Crippen molar-refractivity contribution in [3.8, 4) is 0 Å². The van der Waals surface area contributed by atoms with Gasteiger partial charge in [-0.05, 0) is 13.0 Å². The highest BCUT2D eigenvalue weighted by Crippen LogP contribution is 2.29. The molecule has 0 spiro atoms. The van der Waals surface area contributed by atoms with Gasteiger partial charge in [0.15, 0.2) is 0 Å². The Labute approximate surface area is 140 Å². The molecule has 11 nitrogen and oxygen atoms in total. The lowest BCUT2D eigenvalue weighted by Gasteiger charge is -2.05. The van der Waals surface area contributed by atoms with Crippen molar-refractivity contribution in [2.75, 3.05) is 5.43 Å². The zero-order valence-electron chi connectivity index (χ0n) is 12.8. The quantitative estimate of drug-likeness (QED) is 0.478. The third-order valence-electron chi connectivity index (χ3n) is 3.21. The molecule has 0 amide bonds. The zero-order chi connectivity index (χ0) is 18.6. The van der Waals surface area contributed by atoms with Gasteiger partial charge in [0, 0.05) is 23.8 Å². The summed E-state index contributed by atoms with van der Waals surface area (Å²) in [6, 6.07) is 8.81. The number of hydrogen-bond acceptors (Lipinski definition) is 8. The van der Waals surface area contributed by atoms with E-state index in [9.17, 15) is 30.3 Å². The molecule has 0 radical (unpaired) electrons. The molecular weight excluding hydrogens is 334 g/mol. The largest absolute Gasteiger partial charge is 0.301 e. The number of hydrogen-bond donors (Lipinski definition) is 1. The second-order valence-electron chi connectivity index (χ2n) is 4.83. The van der Waals surface area contributed by atoms with Gasteiger partial charge in [-0.1, -0.05) is 12.1 Å². The predicted octanol–water partition coefficient (Wildman–Crippen LogP) is 3.25. The van der Waals surface area contributed by atoms with E-state index >= 15 is 0 Å². The molecule has 0 bridgehead atoms. The molecular formula is C14H11N5O6. The summed E-state index contributed by atoms with van der Waals surface area (Å²) in [7, 11) is 0. The van der Waals surface area contributed by atoms with Crippen LogP contribution in [0.25, 0.3) is 0 Å². The number of hydrazone groups is 1. The Morgan fingerprint density at radius 3 is 2.16 bits per heavy atom. The highest BCUT2D eigenvalue weighted by atomic mass is 16.6. The summed E-state index contributed by atoms with van der Waals surface area (Å²) in [4.78, 5) is 30.5. The smallest absolute Gasteiger partial charge is 0.271 e. The van der Waals surface area contributed by atoms with Crippen LogP contribution < -0.4 is 5.43 Å². The highest BCUT2D eigenvalue weighted by Gasteiger charge is 2.19. The monoisotopic (exact) mass is 345 g/mol. The minimum atomic E-state index is -0.770. The molecule has 0 aliphatic rings. The van der Waals surface area contributed by atoms with Gasteiger partial charge in [0.05, 0.1) is 26.5 Å². The van der Waals surface area contributed by atoms with Gasteiger partial charge >= 0.3 is 5.69 Å². The van der Waals surface area contributed by atoms with Crippen LogP contribution in [0.15, 0.2) is 47.6 Å². The van der Waals surface area contributed by atoms with Crippen molar-refractivity contribution in [3.05, 3.63) is 78.4 Å². The molecule has 0 fully saturated rings. The number of nitro groups is 3. The average Bonchev–Trinajstić information content (AvgIpc) is 2.59. The van der Waals surface area contributed by atoms with Crippen molar-refractivity contribution < 1.29 is 14.8 Å². The second-order valence-corrected chi connectivity index (χ2v) is 4.83. The highest BCUT2D eigenvalue weighted by molar-refractivity contribution is 5.99. The molecule has 1 N–H and O–H groups in total. The fourth-order valence-corrected chi connectivity index (χ4v) is 1.93. The van der Waals surface area contributed by atoms with Gasteiger partial charge in [0.25, 0.3) is 11.4 Å². The summed E-state index contributed by atoms with van der Waals surface area (Å²) in [6.45, 7) is 1.56. The molecule has 11 heteroatoms. The molecule has 0 atom stereocenters. The van der Waals surface area contributed by atoms with Crippen molar-refractivity contribution in [3.63, 3.8) is 0 Å². The average molecular weight is 345 g/mol. The van der Waals surface area contributed by atoms with Gasteiger partial charge in [-0.2, -0.15) is 5.10 Å². The molecule has 2 aromatic carbocycles. The van der Waals surface area contributed by atoms with E-state index in [4.69, 9.17) is 0 Å². The van der Waals surface area contributed by atoms with E-state index in [0.717, 1.165) is 12.1 Å². The summed E-state index contributed by atoms with van der Waals surface area (Å²) in [5, 5.41) is 36.5. The Morgan fingerprint density at radius 2 is 1.56 bits per heavy atom. The first-order chi connectivity index (χ1) is 11.8. The van der Waals surface area contributed by atoms with E-state index in [1.807, 2.05) is 0 Å². The van der Waals surface area contributed by atoms with Crippen molar-refractivity contribution >= 4 is 28.5 Å². The maximum absolute atomic E-state index is 11.1. The lowest BCUT2D eigenvalue weighted by atomic mass is 10.1. The van der Waals surface area contributed by atoms with Crippen LogP contribution in [0.4, 0.5) is 22.7 Å². The maximum atomic E-state index is 11.1. The Balaban J connectivity index is 2.32. The minimum Gasteiger partial charge on any atom is -0.271 e. The summed E-state index contributed by atoms with van der Waals surface area (Å²) in [6.07, 6.45) is 0. The Morgan fingerprint density at radius 1 is 0.920 bits per heavy atom. The zero-order valence-corrected chi connectivity index (χ0v) is 12.8. The van der Waals surface area contributed by atoms with Gasteiger partial charge in [0.1, 0.15) is 5.69 Å². The first-order valence-electron chi connectivity index (χ1n) is 6.77. The van der Waals surface area contributed by atoms with Crippen LogP contribution >= 0.6 is 0 Å². The number of non-ortho nitro benzene ring substituents is 2. The van der Waals surface area contributed by atoms with Crippen LogP contribution in [0.2, 0.25) is 0 Å². The normalized spacial score (nSPS) is 11.0. The number of anilines is 1. The SMILES string of the molecule is CC(=NNc1ccc([N+](=O)[O-])cc1[N+](=O)[O-])c1cccc([N+](=O)[O-])c1. The Hall–Kier alpha value is -3.89.